The summed E-state index contributed by atoms with van der Waals surface area (Å²) in [4.78, 5) is 68.9. The molecule has 19 heteroatoms. The number of carbonyl (C=O) groups excluding carboxylic acids is 4. The normalized spacial score (nSPS) is 17.6. The minimum absolute atomic E-state index is 0.138. The number of rotatable bonds is 18. The average Bonchev–Trinajstić information content (AvgIpc) is 3.75. The highest BCUT2D eigenvalue weighted by Crippen LogP contribution is 2.35. The molecule has 1 saturated heterocycles. The van der Waals surface area contributed by atoms with Gasteiger partial charge in [0.1, 0.15) is 35.4 Å². The number of esters is 1. The van der Waals surface area contributed by atoms with Crippen LogP contribution in [0.25, 0.3) is 11.2 Å². The minimum Gasteiger partial charge on any atom is -0.467 e. The molecule has 1 aliphatic heterocycles. The van der Waals surface area contributed by atoms with Gasteiger partial charge in [0.2, 0.25) is 0 Å². The van der Waals surface area contributed by atoms with Crippen molar-refractivity contribution in [1.29, 1.82) is 0 Å². The van der Waals surface area contributed by atoms with Crippen LogP contribution in [0.1, 0.15) is 107 Å². The number of benzene rings is 1. The maximum Gasteiger partial charge on any atom is 0.413 e. The molecule has 3 N–H and O–H groups in total. The quantitative estimate of drug-likeness (QED) is 0.0736. The molecule has 4 rings (SSSR count). The Kier molecular flexibility index (Phi) is 17.3. The zero-order valence-corrected chi connectivity index (χ0v) is 38.9. The van der Waals surface area contributed by atoms with Gasteiger partial charge in [0.25, 0.3) is 0 Å². The van der Waals surface area contributed by atoms with Gasteiger partial charge in [0, 0.05) is 32.6 Å². The van der Waals surface area contributed by atoms with Crippen LogP contribution in [0.5, 0.6) is 0 Å². The number of imidazole rings is 1. The van der Waals surface area contributed by atoms with Crippen molar-refractivity contribution in [3.05, 3.63) is 48.5 Å². The summed E-state index contributed by atoms with van der Waals surface area (Å²) in [5.41, 5.74) is -0.464. The maximum absolute atomic E-state index is 13.5. The molecule has 1 unspecified atom stereocenters. The predicted octanol–water partition coefficient (Wildman–Crippen LogP) is 6.20. The van der Waals surface area contributed by atoms with Gasteiger partial charge in [-0.3, -0.25) is 9.88 Å². The number of amides is 3. The Balaban J connectivity index is 1.61. The van der Waals surface area contributed by atoms with Crippen molar-refractivity contribution in [1.82, 2.24) is 34.6 Å². The summed E-state index contributed by atoms with van der Waals surface area (Å²) in [7, 11) is 1.25. The molecule has 0 saturated carbocycles. The lowest BCUT2D eigenvalue weighted by atomic mass is 10.1. The molecule has 63 heavy (non-hydrogen) atoms. The zero-order chi connectivity index (χ0) is 46.8. The number of fused-ring (bicyclic) bond motifs is 1. The molecule has 1 fully saturated rings. The Bertz CT molecular complexity index is 1970. The fourth-order valence-corrected chi connectivity index (χ4v) is 6.80. The van der Waals surface area contributed by atoms with E-state index in [0.29, 0.717) is 43.6 Å². The van der Waals surface area contributed by atoms with Crippen molar-refractivity contribution in [2.24, 2.45) is 0 Å². The minimum atomic E-state index is -1.53. The molecule has 0 radical (unpaired) electrons. The highest BCUT2D eigenvalue weighted by molar-refractivity contribution is 5.93. The van der Waals surface area contributed by atoms with Gasteiger partial charge >= 0.3 is 24.2 Å². The highest BCUT2D eigenvalue weighted by atomic mass is 16.7. The summed E-state index contributed by atoms with van der Waals surface area (Å²) >= 11 is 0. The second-order valence-electron chi connectivity index (χ2n) is 19.0. The number of nitrogens with one attached hydrogen (secondary N) is 2. The molecule has 3 heterocycles. The first-order valence-electron chi connectivity index (χ1n) is 21.3. The monoisotopic (exact) mass is 885 g/mol. The number of aliphatic hydroxyl groups is 1. The van der Waals surface area contributed by atoms with E-state index in [0.717, 1.165) is 5.56 Å². The van der Waals surface area contributed by atoms with E-state index < -0.39 is 71.3 Å². The fraction of sp³-hybridized carbons (Fsp3) is 0.659. The Morgan fingerprint density at radius 1 is 0.857 bits per heavy atom. The summed E-state index contributed by atoms with van der Waals surface area (Å²) < 4.78 is 36.3. The van der Waals surface area contributed by atoms with Crippen LogP contribution in [0.3, 0.4) is 0 Å². The van der Waals surface area contributed by atoms with Crippen molar-refractivity contribution in [3.8, 4) is 0 Å². The van der Waals surface area contributed by atoms with Gasteiger partial charge in [-0.2, -0.15) is 0 Å². The number of aromatic nitrogens is 4. The lowest BCUT2D eigenvalue weighted by Crippen LogP contribution is -2.47. The maximum atomic E-state index is 13.5. The third-order valence-electron chi connectivity index (χ3n) is 9.32. The molecular weight excluding hydrogens is 817 g/mol. The van der Waals surface area contributed by atoms with Gasteiger partial charge in [-0.15, -0.1) is 0 Å². The van der Waals surface area contributed by atoms with Gasteiger partial charge < -0.3 is 48.6 Å². The third-order valence-corrected chi connectivity index (χ3v) is 9.32. The highest BCUT2D eigenvalue weighted by Gasteiger charge is 2.41. The van der Waals surface area contributed by atoms with Crippen molar-refractivity contribution in [2.45, 2.75) is 149 Å². The zero-order valence-electron chi connectivity index (χ0n) is 38.9. The number of anilines is 1. The van der Waals surface area contributed by atoms with E-state index in [1.165, 1.54) is 33.6 Å². The van der Waals surface area contributed by atoms with E-state index in [1.54, 1.807) is 51.0 Å². The standard InChI is InChI=1S/C44H68N8O11/c1-41(2,3)61-38(54)48-30(37(53)58-12)20-23-50(21-16-22-51(40(56)63-43(7,8)9)24-19-29-17-14-13-15-18-29)26-32-31(60-44(10,11)57)25-33(59-32)52-28-47-34-35(45-27-46-36(34)52)49-39(55)62-42(4,5)6/h13-15,17-18,27-28,30-33,57H,16,19-26H2,1-12H3,(H,48,54)(H,45,46,49,55)/t30?,31-,32+,33+/m0/s1. The van der Waals surface area contributed by atoms with Crippen LogP contribution in [-0.2, 0) is 39.6 Å². The van der Waals surface area contributed by atoms with E-state index in [9.17, 15) is 24.3 Å². The van der Waals surface area contributed by atoms with E-state index in [1.807, 2.05) is 51.1 Å². The topological polar surface area (TPSA) is 218 Å². The van der Waals surface area contributed by atoms with Crippen molar-refractivity contribution < 1.29 is 52.7 Å². The number of hydrogen-bond acceptors (Lipinski definition) is 15. The SMILES string of the molecule is COC(=O)C(CCN(CCCN(CCc1ccccc1)C(=O)OC(C)(C)C)C[C@H]1O[C@@H](n2cnc3c(NC(=O)OC(C)(C)C)ncnc32)C[C@@H]1OC(C)(C)O)NC(=O)OC(C)(C)C. The molecule has 0 aliphatic carbocycles. The summed E-state index contributed by atoms with van der Waals surface area (Å²) in [6, 6.07) is 8.84. The first-order chi connectivity index (χ1) is 29.3. The molecule has 3 amide bonds. The van der Waals surface area contributed by atoms with E-state index in [-0.39, 0.29) is 31.7 Å². The molecule has 0 bridgehead atoms. The second kappa shape index (κ2) is 21.5. The number of alkyl carbamates (subject to hydrolysis) is 1. The van der Waals surface area contributed by atoms with Crippen LogP contribution >= 0.6 is 0 Å². The lowest BCUT2D eigenvalue weighted by Gasteiger charge is -2.32. The van der Waals surface area contributed by atoms with Crippen LogP contribution < -0.4 is 10.6 Å². The predicted molar refractivity (Wildman–Crippen MR) is 234 cm³/mol. The summed E-state index contributed by atoms with van der Waals surface area (Å²) in [5.74, 6) is -2.02. The van der Waals surface area contributed by atoms with E-state index in [4.69, 9.17) is 28.4 Å². The Hall–Kier alpha value is -5.11. The van der Waals surface area contributed by atoms with Crippen LogP contribution in [-0.4, -0.2) is 139 Å². The fourth-order valence-electron chi connectivity index (χ4n) is 6.80. The molecule has 3 aromatic rings. The average molecular weight is 885 g/mol. The number of methoxy groups -OCH3 is 1. The van der Waals surface area contributed by atoms with Crippen molar-refractivity contribution in [3.63, 3.8) is 0 Å². The van der Waals surface area contributed by atoms with Gasteiger partial charge in [0.15, 0.2) is 22.8 Å². The smallest absolute Gasteiger partial charge is 0.413 e. The first kappa shape index (κ1) is 50.5. The molecule has 1 aromatic carbocycles. The molecule has 19 nitrogen and oxygen atoms in total. The van der Waals surface area contributed by atoms with Gasteiger partial charge in [-0.1, -0.05) is 30.3 Å². The van der Waals surface area contributed by atoms with Gasteiger partial charge in [-0.05, 0) is 108 Å². The number of nitrogens with zero attached hydrogens (tertiary/aromatic N) is 6. The Morgan fingerprint density at radius 3 is 2.13 bits per heavy atom. The molecule has 0 spiro atoms. The largest absolute Gasteiger partial charge is 0.467 e. The summed E-state index contributed by atoms with van der Waals surface area (Å²) in [6.07, 6.45) is 0.530. The van der Waals surface area contributed by atoms with Crippen molar-refractivity contribution >= 4 is 41.2 Å². The van der Waals surface area contributed by atoms with E-state index >= 15 is 0 Å². The van der Waals surface area contributed by atoms with Crippen LogP contribution in [0, 0.1) is 0 Å². The van der Waals surface area contributed by atoms with Crippen LogP contribution in [0.15, 0.2) is 43.0 Å². The Labute approximate surface area is 370 Å². The number of carbonyl (C=O) groups is 4. The molecule has 4 atom stereocenters. The first-order valence-corrected chi connectivity index (χ1v) is 21.3. The lowest BCUT2D eigenvalue weighted by molar-refractivity contribution is -0.215. The Morgan fingerprint density at radius 2 is 1.51 bits per heavy atom. The van der Waals surface area contributed by atoms with Crippen LogP contribution in [0.4, 0.5) is 20.2 Å². The summed E-state index contributed by atoms with van der Waals surface area (Å²) in [5, 5.41) is 16.2. The third kappa shape index (κ3) is 17.2. The number of ether oxygens (including phenoxy) is 6. The summed E-state index contributed by atoms with van der Waals surface area (Å²) in [6.45, 7) is 20.7. The van der Waals surface area contributed by atoms with Gasteiger partial charge in [-0.25, -0.2) is 34.1 Å². The van der Waals surface area contributed by atoms with Crippen molar-refractivity contribution in [2.75, 3.05) is 45.2 Å². The van der Waals surface area contributed by atoms with Gasteiger partial charge in [0.05, 0.1) is 25.6 Å². The molecule has 1 aliphatic rings. The second-order valence-corrected chi connectivity index (χ2v) is 19.0. The molecular formula is C44H68N8O11. The number of hydrogen-bond donors (Lipinski definition) is 3. The molecule has 2 aromatic heterocycles. The van der Waals surface area contributed by atoms with Crippen LogP contribution in [0.2, 0.25) is 0 Å². The van der Waals surface area contributed by atoms with E-state index in [2.05, 4.69) is 30.5 Å². The molecule has 350 valence electrons.